The zero-order valence-electron chi connectivity index (χ0n) is 11.4. The second-order valence-corrected chi connectivity index (χ2v) is 4.48. The number of nitrogens with zero attached hydrogens (tertiary/aromatic N) is 4. The third kappa shape index (κ3) is 3.81. The fourth-order valence-corrected chi connectivity index (χ4v) is 1.87. The number of aryl methyl sites for hydroxylation is 2. The maximum atomic E-state index is 12.9. The predicted octanol–water partition coefficient (Wildman–Crippen LogP) is 1.82. The third-order valence-corrected chi connectivity index (χ3v) is 2.83. The van der Waals surface area contributed by atoms with Gasteiger partial charge in [0.1, 0.15) is 6.54 Å². The lowest BCUT2D eigenvalue weighted by molar-refractivity contribution is -0.142. The summed E-state index contributed by atoms with van der Waals surface area (Å²) < 4.78 is 44.7. The Balaban J connectivity index is 2.21. The highest BCUT2D eigenvalue weighted by molar-refractivity contribution is 5.20. The number of alkyl halides is 3. The fraction of sp³-hybridized carbons (Fsp3) is 0.583. The molecule has 0 bridgehead atoms. The van der Waals surface area contributed by atoms with Gasteiger partial charge in [-0.15, -0.1) is 0 Å². The molecule has 9 heteroatoms. The molecule has 0 aliphatic rings. The third-order valence-electron chi connectivity index (χ3n) is 2.83. The maximum absolute atomic E-state index is 12.9. The number of rotatable bonds is 6. The summed E-state index contributed by atoms with van der Waals surface area (Å²) in [6.45, 7) is 1.65. The van der Waals surface area contributed by atoms with Gasteiger partial charge in [-0.25, -0.2) is 0 Å². The van der Waals surface area contributed by atoms with Crippen molar-refractivity contribution in [1.82, 2.24) is 19.9 Å². The summed E-state index contributed by atoms with van der Waals surface area (Å²) in [5, 5.41) is 16.0. The zero-order valence-corrected chi connectivity index (χ0v) is 11.4. The summed E-state index contributed by atoms with van der Waals surface area (Å²) in [4.78, 5) is 4.03. The van der Waals surface area contributed by atoms with E-state index in [9.17, 15) is 13.2 Å². The number of aromatic nitrogens is 4. The Hall–Kier alpha value is -1.90. The monoisotopic (exact) mass is 304 g/mol. The van der Waals surface area contributed by atoms with Gasteiger partial charge in [-0.3, -0.25) is 4.68 Å². The molecular weight excluding hydrogens is 289 g/mol. The van der Waals surface area contributed by atoms with Crippen molar-refractivity contribution in [3.63, 3.8) is 0 Å². The fourth-order valence-electron chi connectivity index (χ4n) is 1.87. The smallest absolute Gasteiger partial charge is 0.396 e. The van der Waals surface area contributed by atoms with E-state index in [1.807, 2.05) is 6.92 Å². The van der Waals surface area contributed by atoms with E-state index < -0.39 is 11.9 Å². The SMILES string of the molecule is CCc1noc(Cn2cc(CCCO)c(C(F)(F)F)n2)n1. The molecule has 0 aromatic carbocycles. The zero-order chi connectivity index (χ0) is 15.5. The van der Waals surface area contributed by atoms with Gasteiger partial charge in [-0.1, -0.05) is 12.1 Å². The molecule has 1 N–H and O–H groups in total. The first kappa shape index (κ1) is 15.5. The minimum absolute atomic E-state index is 0.0186. The highest BCUT2D eigenvalue weighted by atomic mass is 19.4. The van der Waals surface area contributed by atoms with E-state index in [4.69, 9.17) is 9.63 Å². The van der Waals surface area contributed by atoms with Crippen molar-refractivity contribution >= 4 is 0 Å². The molecule has 0 aliphatic heterocycles. The van der Waals surface area contributed by atoms with Gasteiger partial charge in [0.25, 0.3) is 0 Å². The minimum Gasteiger partial charge on any atom is -0.396 e. The van der Waals surface area contributed by atoms with Crippen LogP contribution >= 0.6 is 0 Å². The van der Waals surface area contributed by atoms with Crippen LogP contribution in [0.4, 0.5) is 13.2 Å². The standard InChI is InChI=1S/C12H15F3N4O2/c1-2-9-16-10(21-18-9)7-19-6-8(4-3-5-20)11(17-19)12(13,14)15/h6,20H,2-5,7H2,1H3. The molecule has 0 radical (unpaired) electrons. The van der Waals surface area contributed by atoms with Crippen molar-refractivity contribution in [2.45, 2.75) is 38.9 Å². The van der Waals surface area contributed by atoms with Gasteiger partial charge >= 0.3 is 6.18 Å². The summed E-state index contributed by atoms with van der Waals surface area (Å²) in [6, 6.07) is 0. The predicted molar refractivity (Wildman–Crippen MR) is 65.4 cm³/mol. The molecule has 2 aromatic heterocycles. The lowest BCUT2D eigenvalue weighted by Gasteiger charge is -2.04. The average molecular weight is 304 g/mol. The van der Waals surface area contributed by atoms with E-state index in [-0.39, 0.29) is 37.4 Å². The molecule has 0 spiro atoms. The van der Waals surface area contributed by atoms with Gasteiger partial charge in [-0.05, 0) is 12.8 Å². The first-order valence-corrected chi connectivity index (χ1v) is 6.50. The Morgan fingerprint density at radius 1 is 1.38 bits per heavy atom. The molecule has 21 heavy (non-hydrogen) atoms. The number of halogens is 3. The Kier molecular flexibility index (Phi) is 4.61. The van der Waals surface area contributed by atoms with Crippen molar-refractivity contribution in [2.24, 2.45) is 0 Å². The number of hydrogen-bond acceptors (Lipinski definition) is 5. The van der Waals surface area contributed by atoms with Crippen LogP contribution in [-0.2, 0) is 25.6 Å². The molecule has 0 saturated heterocycles. The Morgan fingerprint density at radius 2 is 2.14 bits per heavy atom. The lowest BCUT2D eigenvalue weighted by atomic mass is 10.1. The molecule has 0 amide bonds. The van der Waals surface area contributed by atoms with Gasteiger partial charge in [0.2, 0.25) is 5.89 Å². The Bertz CT molecular complexity index is 592. The van der Waals surface area contributed by atoms with Crippen molar-refractivity contribution in [1.29, 1.82) is 0 Å². The summed E-state index contributed by atoms with van der Waals surface area (Å²) in [5.74, 6) is 0.700. The van der Waals surface area contributed by atoms with Crippen molar-refractivity contribution in [2.75, 3.05) is 6.61 Å². The van der Waals surface area contributed by atoms with Crippen LogP contribution in [0.3, 0.4) is 0 Å². The van der Waals surface area contributed by atoms with Crippen molar-refractivity contribution in [3.8, 4) is 0 Å². The summed E-state index contributed by atoms with van der Waals surface area (Å²) in [6.07, 6.45) is -2.30. The molecule has 116 valence electrons. The van der Waals surface area contributed by atoms with Gasteiger partial charge in [0, 0.05) is 24.8 Å². The van der Waals surface area contributed by atoms with Crippen LogP contribution in [0.1, 0.15) is 36.3 Å². The first-order chi connectivity index (χ1) is 9.94. The second kappa shape index (κ2) is 6.25. The number of aliphatic hydroxyl groups excluding tert-OH is 1. The Labute approximate surface area is 118 Å². The van der Waals surface area contributed by atoms with E-state index in [1.54, 1.807) is 0 Å². The highest BCUT2D eigenvalue weighted by Crippen LogP contribution is 2.31. The highest BCUT2D eigenvalue weighted by Gasteiger charge is 2.37. The summed E-state index contributed by atoms with van der Waals surface area (Å²) in [7, 11) is 0. The van der Waals surface area contributed by atoms with Crippen LogP contribution in [-0.4, -0.2) is 31.6 Å². The molecule has 0 unspecified atom stereocenters. The van der Waals surface area contributed by atoms with Crippen molar-refractivity contribution in [3.05, 3.63) is 29.2 Å². The normalized spacial score (nSPS) is 12.0. The van der Waals surface area contributed by atoms with Crippen LogP contribution in [0.5, 0.6) is 0 Å². The van der Waals surface area contributed by atoms with Gasteiger partial charge in [-0.2, -0.15) is 23.3 Å². The van der Waals surface area contributed by atoms with E-state index in [0.29, 0.717) is 12.2 Å². The maximum Gasteiger partial charge on any atom is 0.435 e. The molecule has 0 aliphatic carbocycles. The largest absolute Gasteiger partial charge is 0.435 e. The Morgan fingerprint density at radius 3 is 2.71 bits per heavy atom. The van der Waals surface area contributed by atoms with Crippen LogP contribution in [0.2, 0.25) is 0 Å². The van der Waals surface area contributed by atoms with Crippen molar-refractivity contribution < 1.29 is 22.8 Å². The number of hydrogen-bond donors (Lipinski definition) is 1. The van der Waals surface area contributed by atoms with Gasteiger partial charge in [0.05, 0.1) is 0 Å². The number of aliphatic hydroxyl groups is 1. The molecule has 2 aromatic rings. The molecule has 2 rings (SSSR count). The summed E-state index contributed by atoms with van der Waals surface area (Å²) >= 11 is 0. The molecule has 6 nitrogen and oxygen atoms in total. The molecule has 0 atom stereocenters. The molecule has 0 saturated carbocycles. The summed E-state index contributed by atoms with van der Waals surface area (Å²) in [5.41, 5.74) is -0.891. The first-order valence-electron chi connectivity index (χ1n) is 6.50. The van der Waals surface area contributed by atoms with Crippen LogP contribution < -0.4 is 0 Å². The van der Waals surface area contributed by atoms with Gasteiger partial charge < -0.3 is 9.63 Å². The topological polar surface area (TPSA) is 77.0 Å². The van der Waals surface area contributed by atoms with E-state index >= 15 is 0 Å². The van der Waals surface area contributed by atoms with Crippen LogP contribution in [0.25, 0.3) is 0 Å². The van der Waals surface area contributed by atoms with Crippen LogP contribution in [0.15, 0.2) is 10.7 Å². The van der Waals surface area contributed by atoms with Gasteiger partial charge in [0.15, 0.2) is 11.5 Å². The molecule has 2 heterocycles. The second-order valence-electron chi connectivity index (χ2n) is 4.48. The average Bonchev–Trinajstić information content (AvgIpc) is 3.03. The van der Waals surface area contributed by atoms with E-state index in [1.165, 1.54) is 6.20 Å². The van der Waals surface area contributed by atoms with Crippen LogP contribution in [0, 0.1) is 0 Å². The quantitative estimate of drug-likeness (QED) is 0.881. The molecular formula is C12H15F3N4O2. The molecule has 0 fully saturated rings. The lowest BCUT2D eigenvalue weighted by Crippen LogP contribution is -2.10. The minimum atomic E-state index is -4.53. The van der Waals surface area contributed by atoms with E-state index in [2.05, 4.69) is 15.2 Å². The van der Waals surface area contributed by atoms with E-state index in [0.717, 1.165) is 4.68 Å².